The predicted octanol–water partition coefficient (Wildman–Crippen LogP) is 0.755. The number of benzene rings is 1. The zero-order valence-corrected chi connectivity index (χ0v) is 13.1. The lowest BCUT2D eigenvalue weighted by atomic mass is 10.2. The van der Waals surface area contributed by atoms with Crippen molar-refractivity contribution >= 4 is 29.7 Å². The highest BCUT2D eigenvalue weighted by molar-refractivity contribution is 5.90. The van der Waals surface area contributed by atoms with Crippen molar-refractivity contribution in [3.63, 3.8) is 0 Å². The van der Waals surface area contributed by atoms with Crippen LogP contribution in [0.5, 0.6) is 0 Å². The molecule has 24 heavy (non-hydrogen) atoms. The highest BCUT2D eigenvalue weighted by atomic mass is 19.1. The normalized spacial score (nSPS) is 20.5. The summed E-state index contributed by atoms with van der Waals surface area (Å²) in [6.07, 6.45) is 0.610. The Balaban J connectivity index is 1.77. The fourth-order valence-corrected chi connectivity index (χ4v) is 2.61. The van der Waals surface area contributed by atoms with Crippen LogP contribution >= 0.6 is 0 Å². The molecule has 2 aliphatic heterocycles. The van der Waals surface area contributed by atoms with E-state index in [1.165, 1.54) is 17.3 Å². The van der Waals surface area contributed by atoms with Crippen molar-refractivity contribution in [3.8, 4) is 0 Å². The largest absolute Gasteiger partial charge is 0.444 e. The van der Waals surface area contributed by atoms with Crippen LogP contribution < -0.4 is 9.80 Å². The Labute approximate surface area is 137 Å². The molecule has 1 aromatic rings. The first-order chi connectivity index (χ1) is 11.5. The van der Waals surface area contributed by atoms with E-state index in [2.05, 4.69) is 5.10 Å². The Morgan fingerprint density at radius 3 is 2.79 bits per heavy atom. The molecule has 0 spiro atoms. The van der Waals surface area contributed by atoms with Crippen LogP contribution in [-0.4, -0.2) is 60.8 Å². The molecule has 1 saturated heterocycles. The molecular weight excluding hydrogens is 319 g/mol. The van der Waals surface area contributed by atoms with Gasteiger partial charge in [-0.15, -0.1) is 0 Å². The van der Waals surface area contributed by atoms with Crippen LogP contribution in [0.1, 0.15) is 6.92 Å². The summed E-state index contributed by atoms with van der Waals surface area (Å²) in [6.45, 7) is 2.11. The number of ether oxygens (including phenoxy) is 1. The second-order valence-electron chi connectivity index (χ2n) is 5.54. The lowest BCUT2D eigenvalue weighted by Gasteiger charge is -2.28. The van der Waals surface area contributed by atoms with Gasteiger partial charge in [-0.2, -0.15) is 5.10 Å². The van der Waals surface area contributed by atoms with E-state index in [4.69, 9.17) is 9.84 Å². The number of amides is 2. The Morgan fingerprint density at radius 2 is 2.25 bits per heavy atom. The topological polar surface area (TPSA) is 85.7 Å². The van der Waals surface area contributed by atoms with Crippen LogP contribution in [-0.2, 0) is 9.53 Å². The standard InChI is InChI=1S/C15H17FN4O4/c1-10-7-19(15(23)24-10)11-2-3-13(12(16)6-11)18-4-5-20(17-9-18)14(22)8-21/h2-3,6,9-10,21H,4-5,7-8H2,1H3/t10-/m0/s1. The summed E-state index contributed by atoms with van der Waals surface area (Å²) in [5, 5.41) is 13.8. The third-order valence-electron chi connectivity index (χ3n) is 3.82. The van der Waals surface area contributed by atoms with Gasteiger partial charge in [-0.3, -0.25) is 9.69 Å². The number of rotatable bonds is 3. The molecule has 9 heteroatoms. The minimum absolute atomic E-state index is 0.232. The maximum Gasteiger partial charge on any atom is 0.414 e. The third-order valence-corrected chi connectivity index (χ3v) is 3.82. The number of nitrogens with zero attached hydrogens (tertiary/aromatic N) is 4. The molecule has 0 unspecified atom stereocenters. The van der Waals surface area contributed by atoms with Crippen molar-refractivity contribution in [1.82, 2.24) is 5.01 Å². The van der Waals surface area contributed by atoms with Crippen molar-refractivity contribution in [1.29, 1.82) is 0 Å². The van der Waals surface area contributed by atoms with Gasteiger partial charge in [0.25, 0.3) is 5.91 Å². The Hall–Kier alpha value is -2.68. The molecule has 0 aromatic heterocycles. The summed E-state index contributed by atoms with van der Waals surface area (Å²) in [4.78, 5) is 26.0. The minimum atomic E-state index is -0.620. The van der Waals surface area contributed by atoms with E-state index in [1.807, 2.05) is 0 Å². The predicted molar refractivity (Wildman–Crippen MR) is 84.3 cm³/mol. The first kappa shape index (κ1) is 16.2. The fraction of sp³-hybridized carbons (Fsp3) is 0.400. The smallest absolute Gasteiger partial charge is 0.414 e. The van der Waals surface area contributed by atoms with Gasteiger partial charge in [0.1, 0.15) is 24.9 Å². The lowest BCUT2D eigenvalue weighted by molar-refractivity contribution is -0.134. The summed E-state index contributed by atoms with van der Waals surface area (Å²) in [7, 11) is 0. The van der Waals surface area contributed by atoms with E-state index < -0.39 is 24.4 Å². The average Bonchev–Trinajstić information content (AvgIpc) is 2.92. The molecule has 128 valence electrons. The average molecular weight is 336 g/mol. The molecule has 2 amide bonds. The number of hydrogen-bond donors (Lipinski definition) is 1. The molecule has 2 aliphatic rings. The maximum atomic E-state index is 14.4. The molecule has 0 radical (unpaired) electrons. The van der Waals surface area contributed by atoms with E-state index in [-0.39, 0.29) is 12.6 Å². The van der Waals surface area contributed by atoms with Crippen LogP contribution in [0.4, 0.5) is 20.6 Å². The first-order valence-corrected chi connectivity index (χ1v) is 7.49. The quantitative estimate of drug-likeness (QED) is 0.881. The molecule has 1 fully saturated rings. The number of anilines is 2. The van der Waals surface area contributed by atoms with Gasteiger partial charge >= 0.3 is 6.09 Å². The van der Waals surface area contributed by atoms with Crippen LogP contribution in [0.25, 0.3) is 0 Å². The number of hydrazone groups is 1. The number of cyclic esters (lactones) is 1. The van der Waals surface area contributed by atoms with Crippen molar-refractivity contribution in [3.05, 3.63) is 24.0 Å². The number of aliphatic hydroxyl groups excluding tert-OH is 1. The summed E-state index contributed by atoms with van der Waals surface area (Å²) in [5.41, 5.74) is 0.718. The van der Waals surface area contributed by atoms with Crippen molar-refractivity contribution in [2.24, 2.45) is 5.10 Å². The SMILES string of the molecule is C[C@H]1CN(c2ccc(N3C=NN(C(=O)CO)CC3)c(F)c2)C(=O)O1. The summed E-state index contributed by atoms with van der Waals surface area (Å²) in [5.74, 6) is -1.02. The number of carbonyl (C=O) groups excluding carboxylic acids is 2. The molecule has 0 bridgehead atoms. The number of hydrogen-bond acceptors (Lipinski definition) is 6. The van der Waals surface area contributed by atoms with Gasteiger partial charge in [-0.1, -0.05) is 0 Å². The Kier molecular flexibility index (Phi) is 4.34. The van der Waals surface area contributed by atoms with Crippen molar-refractivity contribution in [2.75, 3.05) is 36.0 Å². The molecular formula is C15H17FN4O4. The first-order valence-electron chi connectivity index (χ1n) is 7.49. The molecule has 0 saturated carbocycles. The third kappa shape index (κ3) is 3.02. The Morgan fingerprint density at radius 1 is 1.46 bits per heavy atom. The number of halogens is 1. The Bertz CT molecular complexity index is 696. The molecule has 2 heterocycles. The van der Waals surface area contributed by atoms with Gasteiger partial charge in [-0.05, 0) is 25.1 Å². The maximum absolute atomic E-state index is 14.4. The molecule has 0 aliphatic carbocycles. The van der Waals surface area contributed by atoms with E-state index in [0.29, 0.717) is 24.5 Å². The summed E-state index contributed by atoms with van der Waals surface area (Å²) < 4.78 is 19.5. The van der Waals surface area contributed by atoms with Crippen LogP contribution in [0.15, 0.2) is 23.3 Å². The van der Waals surface area contributed by atoms with Gasteiger partial charge in [0, 0.05) is 6.54 Å². The highest BCUT2D eigenvalue weighted by Gasteiger charge is 2.30. The molecule has 3 rings (SSSR count). The van der Waals surface area contributed by atoms with E-state index in [9.17, 15) is 14.0 Å². The zero-order valence-electron chi connectivity index (χ0n) is 13.1. The van der Waals surface area contributed by atoms with Crippen molar-refractivity contribution < 1.29 is 23.8 Å². The van der Waals surface area contributed by atoms with E-state index in [1.54, 1.807) is 24.0 Å². The van der Waals surface area contributed by atoms with Gasteiger partial charge < -0.3 is 14.7 Å². The van der Waals surface area contributed by atoms with Gasteiger partial charge in [0.05, 0.1) is 24.5 Å². The van der Waals surface area contributed by atoms with E-state index in [0.717, 1.165) is 5.01 Å². The second-order valence-corrected chi connectivity index (χ2v) is 5.54. The lowest BCUT2D eigenvalue weighted by Crippen LogP contribution is -2.42. The minimum Gasteiger partial charge on any atom is -0.444 e. The summed E-state index contributed by atoms with van der Waals surface area (Å²) >= 11 is 0. The van der Waals surface area contributed by atoms with Crippen LogP contribution in [0.2, 0.25) is 0 Å². The number of aliphatic hydroxyl groups is 1. The molecule has 1 atom stereocenters. The second kappa shape index (κ2) is 6.44. The van der Waals surface area contributed by atoms with Gasteiger partial charge in [-0.25, -0.2) is 14.2 Å². The van der Waals surface area contributed by atoms with Crippen molar-refractivity contribution in [2.45, 2.75) is 13.0 Å². The molecule has 1 N–H and O–H groups in total. The van der Waals surface area contributed by atoms with Crippen LogP contribution in [0, 0.1) is 5.82 Å². The van der Waals surface area contributed by atoms with Gasteiger partial charge in [0.15, 0.2) is 0 Å². The molecule has 8 nitrogen and oxygen atoms in total. The fourth-order valence-electron chi connectivity index (χ4n) is 2.61. The van der Waals surface area contributed by atoms with Crippen LogP contribution in [0.3, 0.4) is 0 Å². The molecule has 1 aromatic carbocycles. The zero-order chi connectivity index (χ0) is 17.3. The van der Waals surface area contributed by atoms with Gasteiger partial charge in [0.2, 0.25) is 0 Å². The summed E-state index contributed by atoms with van der Waals surface area (Å²) in [6, 6.07) is 4.46. The highest BCUT2D eigenvalue weighted by Crippen LogP contribution is 2.28. The van der Waals surface area contributed by atoms with E-state index >= 15 is 0 Å². The monoisotopic (exact) mass is 336 g/mol. The number of carbonyl (C=O) groups is 2.